The van der Waals surface area contributed by atoms with Gasteiger partial charge in [-0.05, 0) is 18.2 Å². The zero-order valence-corrected chi connectivity index (χ0v) is 9.34. The molecule has 1 N–H and O–H groups in total. The fourth-order valence-corrected chi connectivity index (χ4v) is 1.69. The molecule has 0 saturated carbocycles. The van der Waals surface area contributed by atoms with E-state index < -0.39 is 23.6 Å². The molecule has 0 bridgehead atoms. The number of benzene rings is 1. The van der Waals surface area contributed by atoms with E-state index in [2.05, 4.69) is 5.32 Å². The van der Waals surface area contributed by atoms with Crippen LogP contribution in [0.2, 0.25) is 0 Å². The van der Waals surface area contributed by atoms with Crippen LogP contribution in [0.3, 0.4) is 0 Å². The first-order valence-electron chi connectivity index (χ1n) is 5.06. The third kappa shape index (κ3) is 2.15. The second kappa shape index (κ2) is 4.01. The molecular formula is C11H9F3N2O2. The van der Waals surface area contributed by atoms with E-state index >= 15 is 0 Å². The molecule has 0 aliphatic carbocycles. The van der Waals surface area contributed by atoms with Crippen molar-refractivity contribution in [3.05, 3.63) is 23.8 Å². The minimum absolute atomic E-state index is 0.0109. The average molecular weight is 258 g/mol. The van der Waals surface area contributed by atoms with Crippen molar-refractivity contribution in [1.29, 1.82) is 0 Å². The zero-order chi connectivity index (χ0) is 13.5. The molecule has 4 nitrogen and oxygen atoms in total. The van der Waals surface area contributed by atoms with Gasteiger partial charge in [-0.1, -0.05) is 0 Å². The van der Waals surface area contributed by atoms with Gasteiger partial charge in [-0.2, -0.15) is 13.2 Å². The van der Waals surface area contributed by atoms with Crippen molar-refractivity contribution >= 4 is 23.2 Å². The first-order valence-corrected chi connectivity index (χ1v) is 5.06. The molecule has 18 heavy (non-hydrogen) atoms. The molecule has 1 heterocycles. The van der Waals surface area contributed by atoms with Crippen molar-refractivity contribution in [3.63, 3.8) is 0 Å². The predicted octanol–water partition coefficient (Wildman–Crippen LogP) is 2.01. The topological polar surface area (TPSA) is 49.4 Å². The highest BCUT2D eigenvalue weighted by Gasteiger charge is 2.32. The fraction of sp³-hybridized carbons (Fsp3) is 0.273. The Morgan fingerprint density at radius 1 is 1.28 bits per heavy atom. The van der Waals surface area contributed by atoms with E-state index in [1.165, 1.54) is 13.1 Å². The average Bonchev–Trinajstić information content (AvgIpc) is 2.35. The van der Waals surface area contributed by atoms with Crippen LogP contribution in [0.4, 0.5) is 24.5 Å². The van der Waals surface area contributed by atoms with E-state index in [4.69, 9.17) is 0 Å². The van der Waals surface area contributed by atoms with Crippen molar-refractivity contribution in [2.45, 2.75) is 12.6 Å². The molecule has 0 aromatic heterocycles. The molecule has 1 aliphatic heterocycles. The molecule has 1 aromatic carbocycles. The number of carbonyl (C=O) groups is 2. The van der Waals surface area contributed by atoms with Crippen molar-refractivity contribution in [3.8, 4) is 0 Å². The summed E-state index contributed by atoms with van der Waals surface area (Å²) in [6.07, 6.45) is -4.87. The Kier molecular flexibility index (Phi) is 2.76. The van der Waals surface area contributed by atoms with E-state index in [9.17, 15) is 22.8 Å². The van der Waals surface area contributed by atoms with Gasteiger partial charge in [0, 0.05) is 7.05 Å². The highest BCUT2D eigenvalue weighted by molar-refractivity contribution is 6.14. The van der Waals surface area contributed by atoms with Gasteiger partial charge in [0.2, 0.25) is 11.8 Å². The monoisotopic (exact) mass is 258 g/mol. The summed E-state index contributed by atoms with van der Waals surface area (Å²) in [6.45, 7) is 0. The second-order valence-corrected chi connectivity index (χ2v) is 3.91. The molecule has 1 aliphatic rings. The number of hydrogen-bond donors (Lipinski definition) is 1. The number of amides is 2. The van der Waals surface area contributed by atoms with Crippen molar-refractivity contribution in [1.82, 2.24) is 0 Å². The molecule has 0 fully saturated rings. The van der Waals surface area contributed by atoms with E-state index in [1.807, 2.05) is 0 Å². The lowest BCUT2D eigenvalue weighted by atomic mass is 10.1. The number of nitrogens with zero attached hydrogens (tertiary/aromatic N) is 1. The van der Waals surface area contributed by atoms with Gasteiger partial charge in [-0.3, -0.25) is 9.59 Å². The van der Waals surface area contributed by atoms with Crippen LogP contribution >= 0.6 is 0 Å². The minimum atomic E-state index is -4.49. The van der Waals surface area contributed by atoms with E-state index in [-0.39, 0.29) is 17.8 Å². The van der Waals surface area contributed by atoms with Crippen LogP contribution in [0.1, 0.15) is 12.0 Å². The third-order valence-corrected chi connectivity index (χ3v) is 2.65. The Morgan fingerprint density at radius 3 is 2.56 bits per heavy atom. The lowest BCUT2D eigenvalue weighted by Gasteiger charge is -2.18. The molecule has 2 rings (SSSR count). The van der Waals surface area contributed by atoms with Gasteiger partial charge in [0.25, 0.3) is 0 Å². The predicted molar refractivity (Wildman–Crippen MR) is 58.1 cm³/mol. The maximum atomic E-state index is 12.5. The summed E-state index contributed by atoms with van der Waals surface area (Å²) in [5.74, 6) is -1.09. The van der Waals surface area contributed by atoms with Gasteiger partial charge in [0.1, 0.15) is 6.42 Å². The van der Waals surface area contributed by atoms with Crippen molar-refractivity contribution in [2.75, 3.05) is 17.3 Å². The van der Waals surface area contributed by atoms with Crippen LogP contribution in [0.15, 0.2) is 18.2 Å². The summed E-state index contributed by atoms with van der Waals surface area (Å²) in [5, 5.41) is 2.29. The molecule has 1 aromatic rings. The summed E-state index contributed by atoms with van der Waals surface area (Å²) in [6, 6.07) is 2.87. The van der Waals surface area contributed by atoms with Crippen LogP contribution in [0.5, 0.6) is 0 Å². The lowest BCUT2D eigenvalue weighted by molar-refractivity contribution is -0.137. The summed E-state index contributed by atoms with van der Waals surface area (Å²) in [4.78, 5) is 24.0. The number of alkyl halides is 3. The maximum absolute atomic E-state index is 12.5. The van der Waals surface area contributed by atoms with E-state index in [1.54, 1.807) is 0 Å². The van der Waals surface area contributed by atoms with E-state index in [0.717, 1.165) is 17.0 Å². The number of hydrogen-bond acceptors (Lipinski definition) is 2. The highest BCUT2D eigenvalue weighted by atomic mass is 19.4. The quantitative estimate of drug-likeness (QED) is 0.724. The Balaban J connectivity index is 2.52. The highest BCUT2D eigenvalue weighted by Crippen LogP contribution is 2.36. The van der Waals surface area contributed by atoms with Crippen LogP contribution < -0.4 is 10.2 Å². The SMILES string of the molecule is CN1C(=O)CC(=O)Nc2cc(C(F)(F)F)ccc21. The number of fused-ring (bicyclic) bond motifs is 1. The molecule has 0 atom stereocenters. The zero-order valence-electron chi connectivity index (χ0n) is 9.34. The van der Waals surface area contributed by atoms with Gasteiger partial charge in [-0.25, -0.2) is 0 Å². The van der Waals surface area contributed by atoms with Gasteiger partial charge in [-0.15, -0.1) is 0 Å². The summed E-state index contributed by atoms with van der Waals surface area (Å²) in [7, 11) is 1.41. The number of halogens is 3. The molecule has 2 amide bonds. The molecule has 0 unspecified atom stereocenters. The molecule has 0 radical (unpaired) electrons. The lowest BCUT2D eigenvalue weighted by Crippen LogP contribution is -2.26. The third-order valence-electron chi connectivity index (χ3n) is 2.65. The molecule has 96 valence electrons. The smallest absolute Gasteiger partial charge is 0.324 e. The maximum Gasteiger partial charge on any atom is 0.416 e. The standard InChI is InChI=1S/C11H9F3N2O2/c1-16-8-3-2-6(11(12,13)14)4-7(8)15-9(17)5-10(16)18/h2-4H,5H2,1H3,(H,15,17). The number of rotatable bonds is 0. The molecular weight excluding hydrogens is 249 g/mol. The summed E-state index contributed by atoms with van der Waals surface area (Å²) >= 11 is 0. The van der Waals surface area contributed by atoms with Crippen LogP contribution in [0.25, 0.3) is 0 Å². The minimum Gasteiger partial charge on any atom is -0.324 e. The van der Waals surface area contributed by atoms with Gasteiger partial charge in [0.15, 0.2) is 0 Å². The molecule has 7 heteroatoms. The van der Waals surface area contributed by atoms with Crippen molar-refractivity contribution in [2.24, 2.45) is 0 Å². The van der Waals surface area contributed by atoms with Crippen LogP contribution in [0, 0.1) is 0 Å². The number of carbonyl (C=O) groups excluding carboxylic acids is 2. The Morgan fingerprint density at radius 2 is 1.94 bits per heavy atom. The van der Waals surface area contributed by atoms with Gasteiger partial charge in [0.05, 0.1) is 16.9 Å². The number of nitrogens with one attached hydrogen (secondary N) is 1. The van der Waals surface area contributed by atoms with Gasteiger partial charge < -0.3 is 10.2 Å². The van der Waals surface area contributed by atoms with Crippen LogP contribution in [-0.4, -0.2) is 18.9 Å². The van der Waals surface area contributed by atoms with Crippen molar-refractivity contribution < 1.29 is 22.8 Å². The van der Waals surface area contributed by atoms with Crippen LogP contribution in [-0.2, 0) is 15.8 Å². The Hall–Kier alpha value is -2.05. The normalized spacial score (nSPS) is 16.1. The van der Waals surface area contributed by atoms with E-state index in [0.29, 0.717) is 0 Å². The van der Waals surface area contributed by atoms with Gasteiger partial charge >= 0.3 is 6.18 Å². The number of anilines is 2. The second-order valence-electron chi connectivity index (χ2n) is 3.91. The molecule has 0 spiro atoms. The first-order chi connectivity index (χ1) is 8.29. The molecule has 0 saturated heterocycles. The first kappa shape index (κ1) is 12.4. The Bertz CT molecular complexity index is 526. The Labute approximate surface area is 100 Å². The largest absolute Gasteiger partial charge is 0.416 e. The fourth-order valence-electron chi connectivity index (χ4n) is 1.69. The summed E-state index contributed by atoms with van der Waals surface area (Å²) in [5.41, 5.74) is -0.633. The summed E-state index contributed by atoms with van der Waals surface area (Å²) < 4.78 is 37.6.